The van der Waals surface area contributed by atoms with Gasteiger partial charge in [0, 0.05) is 45.1 Å². The predicted octanol–water partition coefficient (Wildman–Crippen LogP) is 2.41. The van der Waals surface area contributed by atoms with Crippen molar-refractivity contribution in [2.45, 2.75) is 33.2 Å². The molecule has 0 atom stereocenters. The summed E-state index contributed by atoms with van der Waals surface area (Å²) in [7, 11) is 4.00. The number of hydrogen-bond donors (Lipinski definition) is 1. The van der Waals surface area contributed by atoms with Gasteiger partial charge in [-0.3, -0.25) is 9.67 Å². The highest BCUT2D eigenvalue weighted by Gasteiger charge is 2.15. The van der Waals surface area contributed by atoms with E-state index in [2.05, 4.69) is 52.3 Å². The highest BCUT2D eigenvalue weighted by molar-refractivity contribution is 5.79. The Labute approximate surface area is 156 Å². The van der Waals surface area contributed by atoms with Crippen LogP contribution < -0.4 is 10.1 Å². The van der Waals surface area contributed by atoms with E-state index in [4.69, 9.17) is 4.74 Å². The van der Waals surface area contributed by atoms with E-state index in [9.17, 15) is 0 Å². The molecule has 0 aliphatic heterocycles. The second kappa shape index (κ2) is 9.79. The van der Waals surface area contributed by atoms with E-state index in [1.165, 1.54) is 5.56 Å². The van der Waals surface area contributed by atoms with Crippen LogP contribution >= 0.6 is 0 Å². The Bertz CT molecular complexity index is 695. The zero-order chi connectivity index (χ0) is 18.9. The van der Waals surface area contributed by atoms with Crippen molar-refractivity contribution < 1.29 is 4.74 Å². The van der Waals surface area contributed by atoms with E-state index < -0.39 is 0 Å². The monoisotopic (exact) mass is 358 g/mol. The molecule has 2 heterocycles. The summed E-state index contributed by atoms with van der Waals surface area (Å²) in [5.41, 5.74) is 2.36. The summed E-state index contributed by atoms with van der Waals surface area (Å²) >= 11 is 0. The lowest BCUT2D eigenvalue weighted by Gasteiger charge is -2.22. The van der Waals surface area contributed by atoms with Gasteiger partial charge in [-0.1, -0.05) is 13.8 Å². The van der Waals surface area contributed by atoms with Crippen molar-refractivity contribution in [1.82, 2.24) is 25.0 Å². The fourth-order valence-electron chi connectivity index (χ4n) is 2.71. The third kappa shape index (κ3) is 5.75. The largest absolute Gasteiger partial charge is 0.490 e. The molecule has 2 rings (SSSR count). The Morgan fingerprint density at radius 1 is 1.42 bits per heavy atom. The van der Waals surface area contributed by atoms with E-state index in [0.29, 0.717) is 19.1 Å². The highest BCUT2D eigenvalue weighted by atomic mass is 16.5. The minimum atomic E-state index is 0.395. The Hall–Kier alpha value is -2.57. The molecule has 0 amide bonds. The van der Waals surface area contributed by atoms with Crippen molar-refractivity contribution in [3.05, 3.63) is 42.0 Å². The molecule has 0 saturated heterocycles. The van der Waals surface area contributed by atoms with Crippen LogP contribution in [0.2, 0.25) is 0 Å². The molecule has 2 aromatic heterocycles. The summed E-state index contributed by atoms with van der Waals surface area (Å²) < 4.78 is 7.54. The molecule has 2 aromatic rings. The van der Waals surface area contributed by atoms with Crippen molar-refractivity contribution >= 4 is 5.96 Å². The zero-order valence-electron chi connectivity index (χ0n) is 16.4. The summed E-state index contributed by atoms with van der Waals surface area (Å²) in [5.74, 6) is 2.02. The lowest BCUT2D eigenvalue weighted by molar-refractivity contribution is 0.326. The SMILES string of the molecule is CCNC(=NCCOc1cccnc1)N(C)Cc1cn(C)nc1C(C)C. The summed E-state index contributed by atoms with van der Waals surface area (Å²) in [6.07, 6.45) is 5.52. The maximum absolute atomic E-state index is 5.66. The molecule has 0 aliphatic carbocycles. The lowest BCUT2D eigenvalue weighted by atomic mass is 10.1. The topological polar surface area (TPSA) is 67.6 Å². The van der Waals surface area contributed by atoms with Crippen molar-refractivity contribution in [2.24, 2.45) is 12.0 Å². The molecule has 0 unspecified atom stereocenters. The van der Waals surface area contributed by atoms with Gasteiger partial charge in [-0.2, -0.15) is 5.10 Å². The number of rotatable bonds is 8. The number of pyridine rings is 1. The smallest absolute Gasteiger partial charge is 0.194 e. The molecule has 0 aromatic carbocycles. The molecular formula is C19H30N6O. The highest BCUT2D eigenvalue weighted by Crippen LogP contribution is 2.18. The number of aliphatic imine (C=N–C) groups is 1. The molecule has 0 saturated carbocycles. The molecule has 0 bridgehead atoms. The quantitative estimate of drug-likeness (QED) is 0.446. The number of ether oxygens (including phenoxy) is 1. The van der Waals surface area contributed by atoms with Gasteiger partial charge < -0.3 is 15.0 Å². The molecule has 142 valence electrons. The molecule has 0 radical (unpaired) electrons. The third-order valence-electron chi connectivity index (χ3n) is 3.84. The summed E-state index contributed by atoms with van der Waals surface area (Å²) in [5, 5.41) is 7.92. The van der Waals surface area contributed by atoms with E-state index in [0.717, 1.165) is 30.5 Å². The van der Waals surface area contributed by atoms with Gasteiger partial charge in [-0.05, 0) is 25.0 Å². The molecule has 0 aliphatic rings. The van der Waals surface area contributed by atoms with Crippen molar-refractivity contribution in [2.75, 3.05) is 26.7 Å². The molecule has 0 spiro atoms. The Kier molecular flexibility index (Phi) is 7.44. The van der Waals surface area contributed by atoms with Crippen molar-refractivity contribution in [1.29, 1.82) is 0 Å². The van der Waals surface area contributed by atoms with Gasteiger partial charge in [-0.15, -0.1) is 0 Å². The van der Waals surface area contributed by atoms with Crippen LogP contribution in [-0.4, -0.2) is 52.4 Å². The van der Waals surface area contributed by atoms with E-state index in [-0.39, 0.29) is 0 Å². The Morgan fingerprint density at radius 2 is 2.23 bits per heavy atom. The maximum atomic E-state index is 5.66. The fourth-order valence-corrected chi connectivity index (χ4v) is 2.71. The van der Waals surface area contributed by atoms with Crippen LogP contribution in [0.25, 0.3) is 0 Å². The van der Waals surface area contributed by atoms with Crippen LogP contribution in [-0.2, 0) is 13.6 Å². The van der Waals surface area contributed by atoms with Gasteiger partial charge in [0.2, 0.25) is 0 Å². The molecule has 7 nitrogen and oxygen atoms in total. The first-order valence-electron chi connectivity index (χ1n) is 9.06. The van der Waals surface area contributed by atoms with Crippen LogP contribution in [0.1, 0.15) is 37.9 Å². The number of nitrogens with zero attached hydrogens (tertiary/aromatic N) is 5. The van der Waals surface area contributed by atoms with E-state index in [1.54, 1.807) is 12.4 Å². The first-order chi connectivity index (χ1) is 12.5. The van der Waals surface area contributed by atoms with Crippen LogP contribution in [0.5, 0.6) is 5.75 Å². The average Bonchev–Trinajstić information content (AvgIpc) is 2.99. The van der Waals surface area contributed by atoms with Gasteiger partial charge in [0.05, 0.1) is 18.4 Å². The van der Waals surface area contributed by atoms with Gasteiger partial charge in [0.15, 0.2) is 5.96 Å². The van der Waals surface area contributed by atoms with E-state index >= 15 is 0 Å². The zero-order valence-corrected chi connectivity index (χ0v) is 16.4. The number of guanidine groups is 1. The van der Waals surface area contributed by atoms with Crippen molar-refractivity contribution in [3.63, 3.8) is 0 Å². The number of aromatic nitrogens is 3. The van der Waals surface area contributed by atoms with Crippen LogP contribution in [0, 0.1) is 0 Å². The summed E-state index contributed by atoms with van der Waals surface area (Å²) in [6.45, 7) is 9.07. The minimum Gasteiger partial charge on any atom is -0.490 e. The van der Waals surface area contributed by atoms with Gasteiger partial charge in [0.1, 0.15) is 12.4 Å². The number of nitrogens with one attached hydrogen (secondary N) is 1. The van der Waals surface area contributed by atoms with Crippen molar-refractivity contribution in [3.8, 4) is 5.75 Å². The van der Waals surface area contributed by atoms with Gasteiger partial charge in [-0.25, -0.2) is 4.99 Å². The predicted molar refractivity (Wildman–Crippen MR) is 104 cm³/mol. The third-order valence-corrected chi connectivity index (χ3v) is 3.84. The summed E-state index contributed by atoms with van der Waals surface area (Å²) in [6, 6.07) is 3.75. The summed E-state index contributed by atoms with van der Waals surface area (Å²) in [4.78, 5) is 10.8. The minimum absolute atomic E-state index is 0.395. The average molecular weight is 358 g/mol. The second-order valence-corrected chi connectivity index (χ2v) is 6.50. The number of hydrogen-bond acceptors (Lipinski definition) is 4. The van der Waals surface area contributed by atoms with Crippen LogP contribution in [0.3, 0.4) is 0 Å². The molecule has 7 heteroatoms. The molecular weight excluding hydrogens is 328 g/mol. The van der Waals surface area contributed by atoms with Gasteiger partial charge >= 0.3 is 0 Å². The normalized spacial score (nSPS) is 11.7. The second-order valence-electron chi connectivity index (χ2n) is 6.50. The van der Waals surface area contributed by atoms with Crippen LogP contribution in [0.15, 0.2) is 35.7 Å². The first kappa shape index (κ1) is 19.8. The van der Waals surface area contributed by atoms with Crippen LogP contribution in [0.4, 0.5) is 0 Å². The van der Waals surface area contributed by atoms with E-state index in [1.807, 2.05) is 30.9 Å². The Morgan fingerprint density at radius 3 is 2.88 bits per heavy atom. The first-order valence-corrected chi connectivity index (χ1v) is 9.06. The lowest BCUT2D eigenvalue weighted by Crippen LogP contribution is -2.39. The number of aryl methyl sites for hydroxylation is 1. The maximum Gasteiger partial charge on any atom is 0.194 e. The fraction of sp³-hybridized carbons (Fsp3) is 0.526. The molecule has 0 fully saturated rings. The Balaban J connectivity index is 1.96. The van der Waals surface area contributed by atoms with Gasteiger partial charge in [0.25, 0.3) is 0 Å². The molecule has 26 heavy (non-hydrogen) atoms. The standard InChI is InChI=1S/C19H30N6O/c1-6-21-19(22-10-11-26-17-8-7-9-20-12-17)24(4)13-16-14-25(5)23-18(16)15(2)3/h7-9,12,14-15H,6,10-11,13H2,1-5H3,(H,21,22). The molecule has 1 N–H and O–H groups in total.